The number of nitrogens with one attached hydrogen (secondary N) is 1. The summed E-state index contributed by atoms with van der Waals surface area (Å²) in [7, 11) is 1.54. The number of benzene rings is 3. The highest BCUT2D eigenvalue weighted by molar-refractivity contribution is 6.42. The van der Waals surface area contributed by atoms with E-state index in [4.69, 9.17) is 37.4 Å². The zero-order valence-corrected chi connectivity index (χ0v) is 20.5. The van der Waals surface area contributed by atoms with Crippen LogP contribution in [0.1, 0.15) is 11.1 Å². The maximum absolute atomic E-state index is 12.1. The summed E-state index contributed by atoms with van der Waals surface area (Å²) in [5.41, 5.74) is 4.76. The molecule has 4 rings (SSSR count). The molecule has 1 amide bonds. The lowest BCUT2D eigenvalue weighted by molar-refractivity contribution is -0.123. The number of ether oxygens (including phenoxy) is 3. The average Bonchev–Trinajstić information content (AvgIpc) is 3.44. The fourth-order valence-corrected chi connectivity index (χ4v) is 3.33. The van der Waals surface area contributed by atoms with E-state index >= 15 is 0 Å². The first-order chi connectivity index (χ1) is 17.5. The van der Waals surface area contributed by atoms with Gasteiger partial charge in [0.1, 0.15) is 18.7 Å². The van der Waals surface area contributed by atoms with Crippen molar-refractivity contribution in [3.8, 4) is 22.9 Å². The van der Waals surface area contributed by atoms with Crippen LogP contribution in [0.25, 0.3) is 5.69 Å². The van der Waals surface area contributed by atoms with Crippen molar-refractivity contribution in [2.24, 2.45) is 5.10 Å². The van der Waals surface area contributed by atoms with Gasteiger partial charge in [-0.2, -0.15) is 5.10 Å². The smallest absolute Gasteiger partial charge is 0.277 e. The SMILES string of the molecule is COc1cc(/C=N/NC(=O)COc2ccc(-n3cnnn3)cc2)ccc1OCc1ccc(Cl)c(Cl)c1. The molecule has 0 bridgehead atoms. The lowest BCUT2D eigenvalue weighted by Crippen LogP contribution is -2.24. The van der Waals surface area contributed by atoms with Gasteiger partial charge in [0.2, 0.25) is 0 Å². The standard InChI is InChI=1S/C24H20Cl2N6O4/c1-34-23-11-16(3-9-22(23)36-13-17-2-8-20(25)21(26)10-17)12-27-29-24(33)14-35-19-6-4-18(5-7-19)32-15-28-30-31-32/h2-12,15H,13-14H2,1H3,(H,29,33)/b27-12+. The molecule has 0 saturated heterocycles. The van der Waals surface area contributed by atoms with Crippen LogP contribution in [0, 0.1) is 0 Å². The van der Waals surface area contributed by atoms with E-state index in [9.17, 15) is 4.79 Å². The van der Waals surface area contributed by atoms with Crippen molar-refractivity contribution in [3.05, 3.63) is 88.2 Å². The van der Waals surface area contributed by atoms with Crippen LogP contribution < -0.4 is 19.6 Å². The molecule has 1 aromatic heterocycles. The number of carbonyl (C=O) groups is 1. The number of nitrogens with zero attached hydrogens (tertiary/aromatic N) is 5. The minimum Gasteiger partial charge on any atom is -0.493 e. The van der Waals surface area contributed by atoms with Crippen molar-refractivity contribution in [3.63, 3.8) is 0 Å². The van der Waals surface area contributed by atoms with E-state index in [0.717, 1.165) is 11.3 Å². The summed E-state index contributed by atoms with van der Waals surface area (Å²) in [4.78, 5) is 12.1. The predicted molar refractivity (Wildman–Crippen MR) is 134 cm³/mol. The van der Waals surface area contributed by atoms with E-state index in [1.165, 1.54) is 24.3 Å². The summed E-state index contributed by atoms with van der Waals surface area (Å²) < 4.78 is 18.2. The van der Waals surface area contributed by atoms with Gasteiger partial charge in [0, 0.05) is 0 Å². The quantitative estimate of drug-likeness (QED) is 0.244. The second kappa shape index (κ2) is 12.0. The zero-order chi connectivity index (χ0) is 25.3. The van der Waals surface area contributed by atoms with Crippen LogP contribution in [0.4, 0.5) is 0 Å². The topological polar surface area (TPSA) is 113 Å². The lowest BCUT2D eigenvalue weighted by Gasteiger charge is -2.12. The molecule has 0 spiro atoms. The summed E-state index contributed by atoms with van der Waals surface area (Å²) in [6, 6.07) is 17.5. The summed E-state index contributed by atoms with van der Waals surface area (Å²) in [5.74, 6) is 1.17. The molecule has 3 aromatic carbocycles. The third kappa shape index (κ3) is 6.71. The van der Waals surface area contributed by atoms with Gasteiger partial charge in [-0.3, -0.25) is 4.79 Å². The molecule has 1 heterocycles. The van der Waals surface area contributed by atoms with Gasteiger partial charge in [-0.15, -0.1) is 5.10 Å². The molecule has 0 unspecified atom stereocenters. The second-order valence-electron chi connectivity index (χ2n) is 7.28. The van der Waals surface area contributed by atoms with E-state index in [0.29, 0.717) is 32.9 Å². The summed E-state index contributed by atoms with van der Waals surface area (Å²) in [6.07, 6.45) is 2.97. The highest BCUT2D eigenvalue weighted by Crippen LogP contribution is 2.29. The number of carbonyl (C=O) groups excluding carboxylic acids is 1. The fourth-order valence-electron chi connectivity index (χ4n) is 3.01. The number of halogens is 2. The Morgan fingerprint density at radius 1 is 1.03 bits per heavy atom. The molecule has 0 aliphatic carbocycles. The highest BCUT2D eigenvalue weighted by Gasteiger charge is 2.08. The van der Waals surface area contributed by atoms with Crippen molar-refractivity contribution < 1.29 is 19.0 Å². The molecule has 0 saturated carbocycles. The Labute approximate surface area is 216 Å². The summed E-state index contributed by atoms with van der Waals surface area (Å²) >= 11 is 12.0. The molecule has 184 valence electrons. The first-order valence-electron chi connectivity index (χ1n) is 10.5. The molecule has 36 heavy (non-hydrogen) atoms. The number of hydrazone groups is 1. The van der Waals surface area contributed by atoms with E-state index in [-0.39, 0.29) is 13.2 Å². The Morgan fingerprint density at radius 2 is 1.86 bits per heavy atom. The Hall–Kier alpha value is -4.15. The molecule has 4 aromatic rings. The molecule has 0 atom stereocenters. The molecular formula is C24H20Cl2N6O4. The van der Waals surface area contributed by atoms with Crippen LogP contribution in [0.5, 0.6) is 17.2 Å². The number of methoxy groups -OCH3 is 1. The molecular weight excluding hydrogens is 507 g/mol. The first-order valence-corrected chi connectivity index (χ1v) is 11.3. The molecule has 0 aliphatic rings. The summed E-state index contributed by atoms with van der Waals surface area (Å²) in [5, 5.41) is 15.9. The number of hydrogen-bond acceptors (Lipinski definition) is 8. The van der Waals surface area contributed by atoms with Crippen molar-refractivity contribution in [1.29, 1.82) is 0 Å². The predicted octanol–water partition coefficient (Wildman–Crippen LogP) is 4.09. The Bertz CT molecular complexity index is 1350. The number of tetrazole rings is 1. The maximum Gasteiger partial charge on any atom is 0.277 e. The van der Waals surface area contributed by atoms with Crippen molar-refractivity contribution >= 4 is 35.3 Å². The highest BCUT2D eigenvalue weighted by atomic mass is 35.5. The van der Waals surface area contributed by atoms with Crippen LogP contribution in [0.3, 0.4) is 0 Å². The van der Waals surface area contributed by atoms with Gasteiger partial charge < -0.3 is 14.2 Å². The van der Waals surface area contributed by atoms with Crippen LogP contribution in [-0.2, 0) is 11.4 Å². The minimum atomic E-state index is -0.413. The largest absolute Gasteiger partial charge is 0.493 e. The monoisotopic (exact) mass is 526 g/mol. The fraction of sp³-hybridized carbons (Fsp3) is 0.125. The minimum absolute atomic E-state index is 0.202. The molecule has 1 N–H and O–H groups in total. The molecule has 0 radical (unpaired) electrons. The zero-order valence-electron chi connectivity index (χ0n) is 19.0. The Balaban J connectivity index is 1.26. The first kappa shape index (κ1) is 25.0. The molecule has 10 nitrogen and oxygen atoms in total. The van der Waals surface area contributed by atoms with Gasteiger partial charge in [0.25, 0.3) is 5.91 Å². The van der Waals surface area contributed by atoms with Gasteiger partial charge in [-0.1, -0.05) is 29.3 Å². The summed E-state index contributed by atoms with van der Waals surface area (Å²) in [6.45, 7) is 0.0868. The van der Waals surface area contributed by atoms with Crippen molar-refractivity contribution in [2.45, 2.75) is 6.61 Å². The van der Waals surface area contributed by atoms with Gasteiger partial charge in [-0.05, 0) is 76.2 Å². The number of rotatable bonds is 10. The van der Waals surface area contributed by atoms with Crippen LogP contribution >= 0.6 is 23.2 Å². The van der Waals surface area contributed by atoms with Crippen LogP contribution in [0.2, 0.25) is 10.0 Å². The van der Waals surface area contributed by atoms with Gasteiger partial charge in [0.05, 0.1) is 29.1 Å². The average molecular weight is 527 g/mol. The number of hydrogen-bond donors (Lipinski definition) is 1. The normalized spacial score (nSPS) is 10.9. The molecule has 0 fully saturated rings. The number of aromatic nitrogens is 4. The van der Waals surface area contributed by atoms with Crippen LogP contribution in [0.15, 0.2) is 72.1 Å². The number of amides is 1. The molecule has 12 heteroatoms. The van der Waals surface area contributed by atoms with Crippen molar-refractivity contribution in [1.82, 2.24) is 25.6 Å². The van der Waals surface area contributed by atoms with Gasteiger partial charge >= 0.3 is 0 Å². The van der Waals surface area contributed by atoms with E-state index in [1.54, 1.807) is 54.6 Å². The van der Waals surface area contributed by atoms with E-state index in [2.05, 4.69) is 26.1 Å². The third-order valence-corrected chi connectivity index (χ3v) is 5.53. The third-order valence-electron chi connectivity index (χ3n) is 4.79. The Kier molecular flexibility index (Phi) is 8.32. The maximum atomic E-state index is 12.1. The second-order valence-corrected chi connectivity index (χ2v) is 8.09. The van der Waals surface area contributed by atoms with Gasteiger partial charge in [0.15, 0.2) is 18.1 Å². The van der Waals surface area contributed by atoms with E-state index < -0.39 is 5.91 Å². The Morgan fingerprint density at radius 3 is 2.58 bits per heavy atom. The van der Waals surface area contributed by atoms with E-state index in [1.807, 2.05) is 6.07 Å². The van der Waals surface area contributed by atoms with Gasteiger partial charge in [-0.25, -0.2) is 10.1 Å². The lowest BCUT2D eigenvalue weighted by atomic mass is 10.2. The van der Waals surface area contributed by atoms with Crippen LogP contribution in [-0.4, -0.2) is 46.0 Å². The van der Waals surface area contributed by atoms with Crippen molar-refractivity contribution in [2.75, 3.05) is 13.7 Å². The molecule has 0 aliphatic heterocycles.